The van der Waals surface area contributed by atoms with Crippen LogP contribution in [0.3, 0.4) is 0 Å². The van der Waals surface area contributed by atoms with E-state index in [9.17, 15) is 31.1 Å². The van der Waals surface area contributed by atoms with E-state index in [2.05, 4.69) is 0 Å². The van der Waals surface area contributed by atoms with E-state index in [1.165, 1.54) is 0 Å². The second-order valence-corrected chi connectivity index (χ2v) is 4.57. The fourth-order valence-electron chi connectivity index (χ4n) is 1.85. The molecule has 104 valence electrons. The quantitative estimate of drug-likeness (QED) is 0.593. The van der Waals surface area contributed by atoms with E-state index in [4.69, 9.17) is 0 Å². The molecule has 1 aliphatic rings. The minimum Gasteiger partial charge on any atom is -0.302 e. The normalized spacial score (nSPS) is 18.2. The van der Waals surface area contributed by atoms with Gasteiger partial charge in [0.25, 0.3) is 0 Å². The average molecular weight is 282 g/mol. The minimum absolute atomic E-state index is 0.0599. The topological polar surface area (TPSA) is 17.1 Å². The van der Waals surface area contributed by atoms with Gasteiger partial charge in [-0.25, -0.2) is 0 Å². The molecule has 0 amide bonds. The fraction of sp³-hybridized carbons (Fsp3) is 0.417. The molecule has 0 heterocycles. The van der Waals surface area contributed by atoms with Crippen LogP contribution in [0.1, 0.15) is 29.5 Å². The Balaban J connectivity index is 2.59. The van der Waals surface area contributed by atoms with E-state index < -0.39 is 28.9 Å². The molecule has 1 fully saturated rings. The van der Waals surface area contributed by atoms with Crippen LogP contribution in [0.5, 0.6) is 0 Å². The summed E-state index contributed by atoms with van der Waals surface area (Å²) >= 11 is 0. The van der Waals surface area contributed by atoms with E-state index in [0.717, 1.165) is 0 Å². The zero-order chi connectivity index (χ0) is 14.5. The lowest BCUT2D eigenvalue weighted by Gasteiger charge is -2.16. The molecule has 1 nitrogen and oxygen atoms in total. The zero-order valence-corrected chi connectivity index (χ0v) is 9.40. The monoisotopic (exact) mass is 282 g/mol. The van der Waals surface area contributed by atoms with Crippen molar-refractivity contribution in [3.05, 3.63) is 34.9 Å². The molecule has 7 heteroatoms. The highest BCUT2D eigenvalue weighted by atomic mass is 19.4. The number of carbonyl (C=O) groups excluding carboxylic acids is 1. The Hall–Kier alpha value is -1.53. The number of carbonyl (C=O) groups is 1. The highest BCUT2D eigenvalue weighted by Crippen LogP contribution is 2.48. The maximum atomic E-state index is 12.6. The van der Waals surface area contributed by atoms with Gasteiger partial charge in [0.2, 0.25) is 0 Å². The van der Waals surface area contributed by atoms with Gasteiger partial charge in [-0.2, -0.15) is 26.3 Å². The van der Waals surface area contributed by atoms with Crippen molar-refractivity contribution in [3.8, 4) is 0 Å². The number of halogens is 6. The Bertz CT molecular complexity index is 478. The van der Waals surface area contributed by atoms with Crippen molar-refractivity contribution in [3.63, 3.8) is 0 Å². The molecule has 1 aromatic rings. The predicted octanol–water partition coefficient (Wildman–Crippen LogP) is 3.95. The van der Waals surface area contributed by atoms with Crippen LogP contribution < -0.4 is 0 Å². The number of benzene rings is 1. The van der Waals surface area contributed by atoms with Crippen LogP contribution >= 0.6 is 0 Å². The Morgan fingerprint density at radius 2 is 1.32 bits per heavy atom. The molecule has 0 radical (unpaired) electrons. The molecule has 0 unspecified atom stereocenters. The van der Waals surface area contributed by atoms with Crippen molar-refractivity contribution in [2.75, 3.05) is 0 Å². The van der Waals surface area contributed by atoms with Gasteiger partial charge in [0.1, 0.15) is 6.29 Å². The summed E-state index contributed by atoms with van der Waals surface area (Å²) in [7, 11) is 0. The summed E-state index contributed by atoms with van der Waals surface area (Å²) in [5.41, 5.74) is -4.16. The summed E-state index contributed by atoms with van der Waals surface area (Å²) in [6, 6.07) is 1.30. The van der Waals surface area contributed by atoms with Crippen molar-refractivity contribution >= 4 is 6.29 Å². The average Bonchev–Trinajstić information content (AvgIpc) is 3.07. The summed E-state index contributed by atoms with van der Waals surface area (Å²) < 4.78 is 75.6. The van der Waals surface area contributed by atoms with Crippen LogP contribution in [0.25, 0.3) is 0 Å². The number of rotatable bonds is 2. The van der Waals surface area contributed by atoms with Gasteiger partial charge in [0.15, 0.2) is 0 Å². The molecule has 0 atom stereocenters. The van der Waals surface area contributed by atoms with Crippen molar-refractivity contribution in [1.82, 2.24) is 0 Å². The minimum atomic E-state index is -4.88. The first-order valence-electron chi connectivity index (χ1n) is 5.35. The molecule has 1 aromatic carbocycles. The molecule has 0 saturated heterocycles. The Morgan fingerprint density at radius 1 is 0.895 bits per heavy atom. The number of alkyl halides is 6. The van der Waals surface area contributed by atoms with Gasteiger partial charge in [0.05, 0.1) is 16.5 Å². The van der Waals surface area contributed by atoms with Crippen LogP contribution in [0, 0.1) is 0 Å². The molecule has 19 heavy (non-hydrogen) atoms. The largest absolute Gasteiger partial charge is 0.416 e. The maximum Gasteiger partial charge on any atom is 0.416 e. The number of hydrogen-bond acceptors (Lipinski definition) is 1. The number of hydrogen-bond donors (Lipinski definition) is 0. The molecule has 0 spiro atoms. The molecule has 1 saturated carbocycles. The van der Waals surface area contributed by atoms with Gasteiger partial charge >= 0.3 is 12.4 Å². The van der Waals surface area contributed by atoms with E-state index in [1.807, 2.05) is 0 Å². The Labute approximate surface area is 104 Å². The zero-order valence-electron chi connectivity index (χ0n) is 9.40. The molecule has 0 bridgehead atoms. The van der Waals surface area contributed by atoms with Crippen molar-refractivity contribution < 1.29 is 31.1 Å². The Morgan fingerprint density at radius 3 is 1.58 bits per heavy atom. The summed E-state index contributed by atoms with van der Waals surface area (Å²) in [6.07, 6.45) is -8.79. The van der Waals surface area contributed by atoms with Crippen LogP contribution in [0.2, 0.25) is 0 Å². The molecule has 0 aromatic heterocycles. The standard InChI is InChI=1S/C12H8F6O/c13-11(14,15)8-3-7(10(6-19)1-2-10)4-9(5-8)12(16,17)18/h3-6H,1-2H2. The van der Waals surface area contributed by atoms with Crippen molar-refractivity contribution in [2.24, 2.45) is 0 Å². The first-order valence-corrected chi connectivity index (χ1v) is 5.35. The summed E-state index contributed by atoms with van der Waals surface area (Å²) in [5, 5.41) is 0. The SMILES string of the molecule is O=CC1(c2cc(C(F)(F)F)cc(C(F)(F)F)c2)CC1. The van der Waals surface area contributed by atoms with Crippen LogP contribution in [-0.2, 0) is 22.6 Å². The molecule has 2 rings (SSSR count). The molecule has 0 N–H and O–H groups in total. The second kappa shape index (κ2) is 3.98. The van der Waals surface area contributed by atoms with Crippen LogP contribution in [0.4, 0.5) is 26.3 Å². The van der Waals surface area contributed by atoms with Crippen LogP contribution in [-0.4, -0.2) is 6.29 Å². The van der Waals surface area contributed by atoms with Gasteiger partial charge in [-0.3, -0.25) is 0 Å². The van der Waals surface area contributed by atoms with Crippen molar-refractivity contribution in [2.45, 2.75) is 30.6 Å². The molecule has 1 aliphatic carbocycles. The highest BCUT2D eigenvalue weighted by Gasteiger charge is 2.47. The molecular formula is C12H8F6O. The van der Waals surface area contributed by atoms with Crippen LogP contribution in [0.15, 0.2) is 18.2 Å². The van der Waals surface area contributed by atoms with Crippen molar-refractivity contribution in [1.29, 1.82) is 0 Å². The third-order valence-electron chi connectivity index (χ3n) is 3.18. The maximum absolute atomic E-state index is 12.6. The highest BCUT2D eigenvalue weighted by molar-refractivity contribution is 5.73. The second-order valence-electron chi connectivity index (χ2n) is 4.57. The van der Waals surface area contributed by atoms with Gasteiger partial charge in [0, 0.05) is 0 Å². The summed E-state index contributed by atoms with van der Waals surface area (Å²) in [5.74, 6) is 0. The van der Waals surface area contributed by atoms with Gasteiger partial charge in [-0.1, -0.05) is 0 Å². The van der Waals surface area contributed by atoms with E-state index in [-0.39, 0.29) is 24.5 Å². The van der Waals surface area contributed by atoms with Gasteiger partial charge < -0.3 is 4.79 Å². The third-order valence-corrected chi connectivity index (χ3v) is 3.18. The molecular weight excluding hydrogens is 274 g/mol. The van der Waals surface area contributed by atoms with Gasteiger partial charge in [-0.15, -0.1) is 0 Å². The first kappa shape index (κ1) is 13.9. The fourth-order valence-corrected chi connectivity index (χ4v) is 1.85. The third kappa shape index (κ3) is 2.59. The number of aldehydes is 1. The van der Waals surface area contributed by atoms with Gasteiger partial charge in [-0.05, 0) is 36.6 Å². The lowest BCUT2D eigenvalue weighted by molar-refractivity contribution is -0.143. The summed E-state index contributed by atoms with van der Waals surface area (Å²) in [4.78, 5) is 10.8. The van der Waals surface area contributed by atoms with E-state index in [0.29, 0.717) is 18.4 Å². The molecule has 0 aliphatic heterocycles. The Kier molecular flexibility index (Phi) is 2.91. The van der Waals surface area contributed by atoms with E-state index in [1.54, 1.807) is 0 Å². The predicted molar refractivity (Wildman–Crippen MR) is 53.4 cm³/mol. The lowest BCUT2D eigenvalue weighted by atomic mass is 9.93. The smallest absolute Gasteiger partial charge is 0.302 e. The summed E-state index contributed by atoms with van der Waals surface area (Å²) in [6.45, 7) is 0. The first-order chi connectivity index (χ1) is 8.58. The van der Waals surface area contributed by atoms with E-state index >= 15 is 0 Å². The lowest BCUT2D eigenvalue weighted by Crippen LogP contribution is -2.16.